The van der Waals surface area contributed by atoms with Crippen molar-refractivity contribution in [2.45, 2.75) is 0 Å². The topological polar surface area (TPSA) is 68.9 Å². The lowest BCUT2D eigenvalue weighted by molar-refractivity contribution is 0.0996. The van der Waals surface area contributed by atoms with Crippen LogP contribution < -0.4 is 5.73 Å². The number of hydrogen-bond donors (Lipinski definition) is 1. The highest BCUT2D eigenvalue weighted by Crippen LogP contribution is 2.24. The molecule has 0 aliphatic carbocycles. The molecule has 1 heterocycles. The summed E-state index contributed by atoms with van der Waals surface area (Å²) < 4.78 is 0. The first kappa shape index (κ1) is 13.0. The number of nitrogens with zero attached hydrogens (tertiary/aromatic N) is 2. The summed E-state index contributed by atoms with van der Waals surface area (Å²) in [4.78, 5) is 20.3. The van der Waals surface area contributed by atoms with Crippen LogP contribution in [0.15, 0.2) is 66.9 Å². The SMILES string of the molecule is NC(=O)c1ncc(-c2ccccc2)nc1-c1ccccc1. The van der Waals surface area contributed by atoms with Crippen LogP contribution in [0.2, 0.25) is 0 Å². The monoisotopic (exact) mass is 275 g/mol. The Labute approximate surface area is 122 Å². The summed E-state index contributed by atoms with van der Waals surface area (Å²) >= 11 is 0. The number of nitrogens with two attached hydrogens (primary N) is 1. The molecule has 0 saturated carbocycles. The highest BCUT2D eigenvalue weighted by Gasteiger charge is 2.14. The second kappa shape index (κ2) is 5.54. The first-order valence-electron chi connectivity index (χ1n) is 6.53. The summed E-state index contributed by atoms with van der Waals surface area (Å²) in [6.45, 7) is 0. The normalized spacial score (nSPS) is 10.3. The Morgan fingerprint density at radius 1 is 0.857 bits per heavy atom. The van der Waals surface area contributed by atoms with Gasteiger partial charge in [-0.3, -0.25) is 4.79 Å². The predicted molar refractivity (Wildman–Crippen MR) is 81.4 cm³/mol. The van der Waals surface area contributed by atoms with Crippen LogP contribution in [0.4, 0.5) is 0 Å². The van der Waals surface area contributed by atoms with Crippen molar-refractivity contribution in [3.63, 3.8) is 0 Å². The minimum Gasteiger partial charge on any atom is -0.364 e. The first-order valence-corrected chi connectivity index (χ1v) is 6.53. The van der Waals surface area contributed by atoms with Crippen LogP contribution in [-0.4, -0.2) is 15.9 Å². The molecule has 2 N–H and O–H groups in total. The van der Waals surface area contributed by atoms with Gasteiger partial charge < -0.3 is 5.73 Å². The second-order valence-electron chi connectivity index (χ2n) is 4.55. The van der Waals surface area contributed by atoms with Crippen LogP contribution in [0, 0.1) is 0 Å². The van der Waals surface area contributed by atoms with Gasteiger partial charge in [0, 0.05) is 11.1 Å². The molecular formula is C17H13N3O. The molecule has 4 heteroatoms. The summed E-state index contributed by atoms with van der Waals surface area (Å²) in [5.74, 6) is -0.582. The van der Waals surface area contributed by atoms with E-state index in [1.807, 2.05) is 60.7 Å². The summed E-state index contributed by atoms with van der Waals surface area (Å²) in [5, 5.41) is 0. The van der Waals surface area contributed by atoms with Crippen molar-refractivity contribution in [2.75, 3.05) is 0 Å². The molecule has 0 aliphatic heterocycles. The Balaban J connectivity index is 2.18. The maximum Gasteiger partial charge on any atom is 0.269 e. The molecule has 21 heavy (non-hydrogen) atoms. The third kappa shape index (κ3) is 2.65. The van der Waals surface area contributed by atoms with Crippen LogP contribution in [-0.2, 0) is 0 Å². The lowest BCUT2D eigenvalue weighted by Gasteiger charge is -2.08. The molecule has 0 radical (unpaired) electrons. The molecular weight excluding hydrogens is 262 g/mol. The van der Waals surface area contributed by atoms with Gasteiger partial charge >= 0.3 is 0 Å². The first-order chi connectivity index (χ1) is 10.3. The lowest BCUT2D eigenvalue weighted by Crippen LogP contribution is -2.15. The van der Waals surface area contributed by atoms with Crippen LogP contribution in [0.25, 0.3) is 22.5 Å². The molecule has 0 fully saturated rings. The minimum absolute atomic E-state index is 0.181. The molecule has 4 nitrogen and oxygen atoms in total. The summed E-state index contributed by atoms with van der Waals surface area (Å²) in [6.07, 6.45) is 1.57. The van der Waals surface area contributed by atoms with Crippen molar-refractivity contribution in [3.05, 3.63) is 72.6 Å². The van der Waals surface area contributed by atoms with E-state index < -0.39 is 5.91 Å². The smallest absolute Gasteiger partial charge is 0.269 e. The number of primary amides is 1. The van der Waals surface area contributed by atoms with E-state index in [1.54, 1.807) is 6.20 Å². The van der Waals surface area contributed by atoms with E-state index in [2.05, 4.69) is 9.97 Å². The van der Waals surface area contributed by atoms with Crippen LogP contribution in [0.1, 0.15) is 10.5 Å². The van der Waals surface area contributed by atoms with Crippen molar-refractivity contribution in [1.82, 2.24) is 9.97 Å². The second-order valence-corrected chi connectivity index (χ2v) is 4.55. The molecule has 0 aliphatic rings. The molecule has 1 amide bonds. The third-order valence-electron chi connectivity index (χ3n) is 3.12. The Bertz CT molecular complexity index is 771. The number of rotatable bonds is 3. The van der Waals surface area contributed by atoms with Crippen LogP contribution in [0.3, 0.4) is 0 Å². The zero-order chi connectivity index (χ0) is 14.7. The van der Waals surface area contributed by atoms with Crippen molar-refractivity contribution in [1.29, 1.82) is 0 Å². The lowest BCUT2D eigenvalue weighted by atomic mass is 10.1. The minimum atomic E-state index is -0.582. The molecule has 3 rings (SSSR count). The van der Waals surface area contributed by atoms with Crippen LogP contribution >= 0.6 is 0 Å². The number of amides is 1. The van der Waals surface area contributed by atoms with E-state index in [0.29, 0.717) is 11.4 Å². The van der Waals surface area contributed by atoms with Gasteiger partial charge in [-0.2, -0.15) is 0 Å². The van der Waals surface area contributed by atoms with Crippen LogP contribution in [0.5, 0.6) is 0 Å². The third-order valence-corrected chi connectivity index (χ3v) is 3.12. The van der Waals surface area contributed by atoms with Gasteiger partial charge in [0.2, 0.25) is 0 Å². The van der Waals surface area contributed by atoms with Gasteiger partial charge in [-0.25, -0.2) is 9.97 Å². The molecule has 0 unspecified atom stereocenters. The Morgan fingerprint density at radius 3 is 2.00 bits per heavy atom. The quantitative estimate of drug-likeness (QED) is 0.799. The molecule has 0 bridgehead atoms. The number of aromatic nitrogens is 2. The maximum absolute atomic E-state index is 11.6. The summed E-state index contributed by atoms with van der Waals surface area (Å²) in [5.41, 5.74) is 8.55. The standard InChI is InChI=1S/C17H13N3O/c18-17(21)16-15(13-9-5-2-6-10-13)20-14(11-19-16)12-7-3-1-4-8-12/h1-11H,(H2,18,21). The fraction of sp³-hybridized carbons (Fsp3) is 0. The Hall–Kier alpha value is -3.01. The van der Waals surface area contributed by atoms with Crippen molar-refractivity contribution < 1.29 is 4.79 Å². The van der Waals surface area contributed by atoms with Crippen molar-refractivity contribution in [3.8, 4) is 22.5 Å². The van der Waals surface area contributed by atoms with Gasteiger partial charge in [0.1, 0.15) is 5.69 Å². The van der Waals surface area contributed by atoms with Gasteiger partial charge in [-0.05, 0) is 0 Å². The number of carbonyl (C=O) groups excluding carboxylic acids is 1. The fourth-order valence-corrected chi connectivity index (χ4v) is 2.11. The van der Waals surface area contributed by atoms with Gasteiger partial charge in [0.25, 0.3) is 5.91 Å². The van der Waals surface area contributed by atoms with E-state index in [0.717, 1.165) is 11.1 Å². The molecule has 3 aromatic rings. The van der Waals surface area contributed by atoms with Crippen molar-refractivity contribution in [2.24, 2.45) is 5.73 Å². The molecule has 2 aromatic carbocycles. The average Bonchev–Trinajstić information content (AvgIpc) is 2.56. The summed E-state index contributed by atoms with van der Waals surface area (Å²) in [7, 11) is 0. The number of hydrogen-bond acceptors (Lipinski definition) is 3. The zero-order valence-corrected chi connectivity index (χ0v) is 11.2. The molecule has 1 aromatic heterocycles. The summed E-state index contributed by atoms with van der Waals surface area (Å²) in [6, 6.07) is 19.1. The van der Waals surface area contributed by atoms with E-state index in [1.165, 1.54) is 0 Å². The molecule has 0 spiro atoms. The average molecular weight is 275 g/mol. The maximum atomic E-state index is 11.6. The number of carbonyl (C=O) groups is 1. The largest absolute Gasteiger partial charge is 0.364 e. The van der Waals surface area contributed by atoms with Gasteiger partial charge in [-0.1, -0.05) is 60.7 Å². The highest BCUT2D eigenvalue weighted by atomic mass is 16.1. The number of benzene rings is 2. The Kier molecular flexibility index (Phi) is 3.43. The molecule has 102 valence electrons. The Morgan fingerprint density at radius 2 is 1.43 bits per heavy atom. The van der Waals surface area contributed by atoms with Gasteiger partial charge in [0.15, 0.2) is 5.69 Å². The molecule has 0 atom stereocenters. The fourth-order valence-electron chi connectivity index (χ4n) is 2.11. The van der Waals surface area contributed by atoms with Gasteiger partial charge in [0.05, 0.1) is 11.9 Å². The van der Waals surface area contributed by atoms with E-state index >= 15 is 0 Å². The van der Waals surface area contributed by atoms with E-state index in [-0.39, 0.29) is 5.69 Å². The molecule has 0 saturated heterocycles. The van der Waals surface area contributed by atoms with E-state index in [9.17, 15) is 4.79 Å². The van der Waals surface area contributed by atoms with Gasteiger partial charge in [-0.15, -0.1) is 0 Å². The van der Waals surface area contributed by atoms with Crippen molar-refractivity contribution >= 4 is 5.91 Å². The van der Waals surface area contributed by atoms with E-state index in [4.69, 9.17) is 5.73 Å². The predicted octanol–water partition coefficient (Wildman–Crippen LogP) is 2.91. The zero-order valence-electron chi connectivity index (χ0n) is 11.2. The highest BCUT2D eigenvalue weighted by molar-refractivity contribution is 5.97.